The van der Waals surface area contributed by atoms with Crippen LogP contribution in [0, 0.1) is 0 Å². The number of benzene rings is 1. The summed E-state index contributed by atoms with van der Waals surface area (Å²) >= 11 is 6.05. The molecule has 4 nitrogen and oxygen atoms in total. The summed E-state index contributed by atoms with van der Waals surface area (Å²) in [5.41, 5.74) is -0.184. The molecule has 98 valence electrons. The van der Waals surface area contributed by atoms with Crippen molar-refractivity contribution in [2.75, 3.05) is 13.2 Å². The van der Waals surface area contributed by atoms with E-state index in [9.17, 15) is 4.79 Å². The minimum Gasteiger partial charge on any atom is -0.486 e. The lowest BCUT2D eigenvalue weighted by Crippen LogP contribution is -2.24. The largest absolute Gasteiger partial charge is 0.486 e. The van der Waals surface area contributed by atoms with Crippen LogP contribution in [0.2, 0.25) is 5.02 Å². The van der Waals surface area contributed by atoms with Gasteiger partial charge in [-0.1, -0.05) is 11.6 Å². The third-order valence-electron chi connectivity index (χ3n) is 2.23. The molecular weight excluding hydrogens is 256 g/mol. The molecule has 0 saturated heterocycles. The van der Waals surface area contributed by atoms with Gasteiger partial charge in [-0.15, -0.1) is 0 Å². The summed E-state index contributed by atoms with van der Waals surface area (Å²) in [6.07, 6.45) is 0. The van der Waals surface area contributed by atoms with Gasteiger partial charge in [-0.2, -0.15) is 0 Å². The van der Waals surface area contributed by atoms with Gasteiger partial charge in [0.15, 0.2) is 11.5 Å². The molecule has 1 aromatic carbocycles. The zero-order chi connectivity index (χ0) is 13.3. The number of rotatable bonds is 1. The molecule has 1 aliphatic heterocycles. The summed E-state index contributed by atoms with van der Waals surface area (Å²) in [4.78, 5) is 11.9. The summed E-state index contributed by atoms with van der Waals surface area (Å²) in [7, 11) is 0. The van der Waals surface area contributed by atoms with Gasteiger partial charge < -0.3 is 14.2 Å². The van der Waals surface area contributed by atoms with E-state index in [-0.39, 0.29) is 0 Å². The van der Waals surface area contributed by atoms with Crippen LogP contribution in [0.5, 0.6) is 11.5 Å². The molecule has 0 spiro atoms. The number of hydrogen-bond donors (Lipinski definition) is 0. The number of hydrogen-bond acceptors (Lipinski definition) is 4. The van der Waals surface area contributed by atoms with E-state index in [0.29, 0.717) is 35.3 Å². The van der Waals surface area contributed by atoms with Crippen molar-refractivity contribution in [1.82, 2.24) is 0 Å². The highest BCUT2D eigenvalue weighted by Crippen LogP contribution is 2.38. The van der Waals surface area contributed by atoms with Gasteiger partial charge in [-0.3, -0.25) is 0 Å². The molecule has 0 saturated carbocycles. The highest BCUT2D eigenvalue weighted by atomic mass is 35.5. The Balaban J connectivity index is 2.30. The fourth-order valence-corrected chi connectivity index (χ4v) is 1.83. The molecule has 0 N–H and O–H groups in total. The zero-order valence-electron chi connectivity index (χ0n) is 10.6. The number of fused-ring (bicyclic) bond motifs is 1. The van der Waals surface area contributed by atoms with Gasteiger partial charge in [0.1, 0.15) is 18.8 Å². The summed E-state index contributed by atoms with van der Waals surface area (Å²) in [6, 6.07) is 3.12. The first kappa shape index (κ1) is 13.0. The second kappa shape index (κ2) is 4.69. The number of halogens is 1. The Morgan fingerprint density at radius 3 is 2.61 bits per heavy atom. The molecule has 1 heterocycles. The fraction of sp³-hybridized carbons (Fsp3) is 0.462. The molecular formula is C13H15ClO4. The summed E-state index contributed by atoms with van der Waals surface area (Å²) in [5, 5.41) is 0.355. The van der Waals surface area contributed by atoms with Crippen LogP contribution >= 0.6 is 11.6 Å². The van der Waals surface area contributed by atoms with Crippen molar-refractivity contribution in [3.8, 4) is 11.5 Å². The maximum atomic E-state index is 11.9. The van der Waals surface area contributed by atoms with Crippen molar-refractivity contribution in [2.24, 2.45) is 0 Å². The first-order valence-corrected chi connectivity index (χ1v) is 6.07. The first-order valence-electron chi connectivity index (χ1n) is 5.69. The summed E-state index contributed by atoms with van der Waals surface area (Å²) < 4.78 is 16.1. The molecule has 0 fully saturated rings. The number of ether oxygens (including phenoxy) is 3. The van der Waals surface area contributed by atoms with E-state index in [0.717, 1.165) is 0 Å². The van der Waals surface area contributed by atoms with Crippen LogP contribution < -0.4 is 9.47 Å². The molecule has 1 aliphatic rings. The third kappa shape index (κ3) is 2.88. The molecule has 18 heavy (non-hydrogen) atoms. The van der Waals surface area contributed by atoms with Gasteiger partial charge in [-0.05, 0) is 32.9 Å². The molecule has 0 aromatic heterocycles. The Hall–Kier alpha value is -1.42. The lowest BCUT2D eigenvalue weighted by molar-refractivity contribution is 0.00688. The van der Waals surface area contributed by atoms with Crippen molar-refractivity contribution in [1.29, 1.82) is 0 Å². The van der Waals surface area contributed by atoms with E-state index in [2.05, 4.69) is 0 Å². The van der Waals surface area contributed by atoms with E-state index >= 15 is 0 Å². The Kier molecular flexibility index (Phi) is 3.39. The Morgan fingerprint density at radius 1 is 1.28 bits per heavy atom. The average molecular weight is 271 g/mol. The van der Waals surface area contributed by atoms with Gasteiger partial charge >= 0.3 is 5.97 Å². The lowest BCUT2D eigenvalue weighted by atomic mass is 10.1. The Labute approximate surface area is 111 Å². The normalized spacial score (nSPS) is 14.2. The van der Waals surface area contributed by atoms with E-state index in [1.165, 1.54) is 6.07 Å². The SMILES string of the molecule is CC(C)(C)OC(=O)c1cc(Cl)c2c(c1)OCCO2. The van der Waals surface area contributed by atoms with E-state index in [4.69, 9.17) is 25.8 Å². The van der Waals surface area contributed by atoms with Crippen LogP contribution in [0.15, 0.2) is 12.1 Å². The number of carbonyl (C=O) groups excluding carboxylic acids is 1. The molecule has 0 radical (unpaired) electrons. The maximum absolute atomic E-state index is 11.9. The maximum Gasteiger partial charge on any atom is 0.338 e. The van der Waals surface area contributed by atoms with Gasteiger partial charge in [0, 0.05) is 0 Å². The standard InChI is InChI=1S/C13H15ClO4/c1-13(2,3)18-12(15)8-6-9(14)11-10(7-8)16-4-5-17-11/h6-7H,4-5H2,1-3H3. The van der Waals surface area contributed by atoms with E-state index in [1.807, 2.05) is 20.8 Å². The average Bonchev–Trinajstić information content (AvgIpc) is 2.26. The van der Waals surface area contributed by atoms with Crippen LogP contribution in [-0.2, 0) is 4.74 Å². The van der Waals surface area contributed by atoms with Crippen molar-refractivity contribution < 1.29 is 19.0 Å². The van der Waals surface area contributed by atoms with Crippen LogP contribution in [-0.4, -0.2) is 24.8 Å². The van der Waals surface area contributed by atoms with Gasteiger partial charge in [-0.25, -0.2) is 4.79 Å². The second-order valence-corrected chi connectivity index (χ2v) is 5.39. The number of esters is 1. The molecule has 2 rings (SSSR count). The smallest absolute Gasteiger partial charge is 0.338 e. The molecule has 0 atom stereocenters. The quantitative estimate of drug-likeness (QED) is 0.736. The van der Waals surface area contributed by atoms with Gasteiger partial charge in [0.25, 0.3) is 0 Å². The van der Waals surface area contributed by atoms with Crippen molar-refractivity contribution >= 4 is 17.6 Å². The van der Waals surface area contributed by atoms with Crippen LogP contribution in [0.25, 0.3) is 0 Å². The first-order chi connectivity index (χ1) is 8.37. The highest BCUT2D eigenvalue weighted by Gasteiger charge is 2.22. The summed E-state index contributed by atoms with van der Waals surface area (Å²) in [6.45, 7) is 6.33. The second-order valence-electron chi connectivity index (χ2n) is 4.98. The molecule has 0 unspecified atom stereocenters. The minimum absolute atomic E-state index is 0.355. The number of carbonyl (C=O) groups is 1. The molecule has 0 amide bonds. The summed E-state index contributed by atoms with van der Waals surface area (Å²) in [5.74, 6) is 0.534. The van der Waals surface area contributed by atoms with E-state index in [1.54, 1.807) is 6.07 Å². The van der Waals surface area contributed by atoms with Gasteiger partial charge in [0.05, 0.1) is 10.6 Å². The molecule has 1 aromatic rings. The third-order valence-corrected chi connectivity index (χ3v) is 2.51. The lowest BCUT2D eigenvalue weighted by Gasteiger charge is -2.22. The zero-order valence-corrected chi connectivity index (χ0v) is 11.3. The van der Waals surface area contributed by atoms with Crippen LogP contribution in [0.3, 0.4) is 0 Å². The fourth-order valence-electron chi connectivity index (χ4n) is 1.57. The van der Waals surface area contributed by atoms with Crippen molar-refractivity contribution in [3.05, 3.63) is 22.7 Å². The minimum atomic E-state index is -0.545. The monoisotopic (exact) mass is 270 g/mol. The Morgan fingerprint density at radius 2 is 1.94 bits per heavy atom. The van der Waals surface area contributed by atoms with Crippen molar-refractivity contribution in [2.45, 2.75) is 26.4 Å². The predicted octanol–water partition coefficient (Wildman–Crippen LogP) is 3.07. The van der Waals surface area contributed by atoms with Crippen molar-refractivity contribution in [3.63, 3.8) is 0 Å². The molecule has 5 heteroatoms. The van der Waals surface area contributed by atoms with Crippen LogP contribution in [0.1, 0.15) is 31.1 Å². The van der Waals surface area contributed by atoms with Crippen LogP contribution in [0.4, 0.5) is 0 Å². The topological polar surface area (TPSA) is 44.8 Å². The molecule has 0 bridgehead atoms. The van der Waals surface area contributed by atoms with Gasteiger partial charge in [0.2, 0.25) is 0 Å². The Bertz CT molecular complexity index is 477. The molecule has 0 aliphatic carbocycles. The highest BCUT2D eigenvalue weighted by molar-refractivity contribution is 6.32. The van der Waals surface area contributed by atoms with E-state index < -0.39 is 11.6 Å². The predicted molar refractivity (Wildman–Crippen MR) is 67.6 cm³/mol.